The van der Waals surface area contributed by atoms with Gasteiger partial charge in [-0.25, -0.2) is 0 Å². The van der Waals surface area contributed by atoms with E-state index in [9.17, 15) is 9.59 Å². The molecule has 0 aliphatic carbocycles. The minimum absolute atomic E-state index is 0.0903. The van der Waals surface area contributed by atoms with E-state index in [1.54, 1.807) is 0 Å². The van der Waals surface area contributed by atoms with Gasteiger partial charge in [-0.2, -0.15) is 0 Å². The van der Waals surface area contributed by atoms with E-state index >= 15 is 0 Å². The monoisotopic (exact) mass is 272 g/mol. The molecule has 0 aromatic heterocycles. The highest BCUT2D eigenvalue weighted by Crippen LogP contribution is 2.19. The van der Waals surface area contributed by atoms with Crippen LogP contribution in [0.5, 0.6) is 0 Å². The number of carbonyl (C=O) groups excluding carboxylic acids is 2. The van der Waals surface area contributed by atoms with E-state index in [1.165, 1.54) is 0 Å². The zero-order valence-electron chi connectivity index (χ0n) is 14.0. The number of ether oxygens (including phenoxy) is 1. The van der Waals surface area contributed by atoms with Crippen LogP contribution in [0.25, 0.3) is 0 Å². The van der Waals surface area contributed by atoms with Crippen molar-refractivity contribution in [2.75, 3.05) is 6.61 Å². The van der Waals surface area contributed by atoms with Gasteiger partial charge < -0.3 is 4.74 Å². The first kappa shape index (κ1) is 20.5. The van der Waals surface area contributed by atoms with Crippen LogP contribution in [-0.2, 0) is 14.3 Å². The molecule has 3 nitrogen and oxygen atoms in total. The lowest BCUT2D eigenvalue weighted by atomic mass is 9.86. The fraction of sp³-hybridized carbons (Fsp3) is 0.875. The third-order valence-electron chi connectivity index (χ3n) is 2.31. The Balaban J connectivity index is 0. The second-order valence-corrected chi connectivity index (χ2v) is 6.67. The van der Waals surface area contributed by atoms with Crippen LogP contribution in [0.1, 0.15) is 68.2 Å². The Bertz CT molecular complexity index is 260. The number of esters is 1. The number of hydrogen-bond acceptors (Lipinski definition) is 3. The highest BCUT2D eigenvalue weighted by molar-refractivity contribution is 5.83. The van der Waals surface area contributed by atoms with Crippen molar-refractivity contribution in [1.82, 2.24) is 0 Å². The molecular weight excluding hydrogens is 240 g/mol. The molecule has 0 aliphatic heterocycles. The fourth-order valence-corrected chi connectivity index (χ4v) is 1.23. The van der Waals surface area contributed by atoms with Crippen molar-refractivity contribution in [3.05, 3.63) is 0 Å². The molecule has 0 fully saturated rings. The highest BCUT2D eigenvalue weighted by Gasteiger charge is 2.21. The molecule has 0 aromatic rings. The first-order valence-electron chi connectivity index (χ1n) is 7.19. The van der Waals surface area contributed by atoms with E-state index in [0.717, 1.165) is 0 Å². The number of hydrogen-bond donors (Lipinski definition) is 0. The van der Waals surface area contributed by atoms with Crippen molar-refractivity contribution in [3.8, 4) is 0 Å². The van der Waals surface area contributed by atoms with Gasteiger partial charge in [0.1, 0.15) is 5.78 Å². The van der Waals surface area contributed by atoms with E-state index < -0.39 is 0 Å². The molecule has 114 valence electrons. The van der Waals surface area contributed by atoms with Gasteiger partial charge in [0.2, 0.25) is 0 Å². The molecule has 0 spiro atoms. The van der Waals surface area contributed by atoms with Gasteiger partial charge in [-0.15, -0.1) is 0 Å². The number of ketones is 1. The molecule has 0 aromatic carbocycles. The summed E-state index contributed by atoms with van der Waals surface area (Å²) >= 11 is 0. The average Bonchev–Trinajstić information content (AvgIpc) is 2.14. The molecule has 0 bridgehead atoms. The van der Waals surface area contributed by atoms with Crippen molar-refractivity contribution < 1.29 is 14.3 Å². The third kappa shape index (κ3) is 15.1. The Morgan fingerprint density at radius 1 is 0.947 bits per heavy atom. The van der Waals surface area contributed by atoms with E-state index in [0.29, 0.717) is 37.1 Å². The van der Waals surface area contributed by atoms with Crippen molar-refractivity contribution in [2.24, 2.45) is 17.3 Å². The van der Waals surface area contributed by atoms with Gasteiger partial charge >= 0.3 is 5.97 Å². The predicted molar refractivity (Wildman–Crippen MR) is 80.0 cm³/mol. The highest BCUT2D eigenvalue weighted by atomic mass is 16.5. The Hall–Kier alpha value is -0.860. The Kier molecular flexibility index (Phi) is 10.8. The van der Waals surface area contributed by atoms with Crippen LogP contribution in [0, 0.1) is 17.3 Å². The summed E-state index contributed by atoms with van der Waals surface area (Å²) in [6.45, 7) is 16.4. The summed E-state index contributed by atoms with van der Waals surface area (Å²) in [7, 11) is 0. The van der Waals surface area contributed by atoms with E-state index in [4.69, 9.17) is 4.74 Å². The van der Waals surface area contributed by atoms with E-state index in [1.807, 2.05) is 41.5 Å². The van der Waals surface area contributed by atoms with Gasteiger partial charge in [0.25, 0.3) is 0 Å². The van der Waals surface area contributed by atoms with E-state index in [2.05, 4.69) is 13.8 Å². The minimum atomic E-state index is -0.149. The van der Waals surface area contributed by atoms with Crippen LogP contribution < -0.4 is 0 Å². The summed E-state index contributed by atoms with van der Waals surface area (Å²) in [5.74, 6) is 1.17. The molecule has 0 heterocycles. The summed E-state index contributed by atoms with van der Waals surface area (Å²) in [6, 6.07) is 0. The van der Waals surface area contributed by atoms with Gasteiger partial charge in [0.05, 0.1) is 6.61 Å². The lowest BCUT2D eigenvalue weighted by Gasteiger charge is -2.17. The van der Waals surface area contributed by atoms with Crippen molar-refractivity contribution >= 4 is 11.8 Å². The second kappa shape index (κ2) is 9.99. The summed E-state index contributed by atoms with van der Waals surface area (Å²) in [5, 5.41) is 0. The molecule has 19 heavy (non-hydrogen) atoms. The zero-order valence-corrected chi connectivity index (χ0v) is 14.0. The van der Waals surface area contributed by atoms with E-state index in [-0.39, 0.29) is 11.4 Å². The third-order valence-corrected chi connectivity index (χ3v) is 2.31. The van der Waals surface area contributed by atoms with Gasteiger partial charge in [-0.1, -0.05) is 48.5 Å². The van der Waals surface area contributed by atoms with Crippen LogP contribution in [0.15, 0.2) is 0 Å². The number of carbonyl (C=O) groups is 2. The molecule has 0 saturated heterocycles. The molecule has 0 unspecified atom stereocenters. The second-order valence-electron chi connectivity index (χ2n) is 6.67. The van der Waals surface area contributed by atoms with Crippen LogP contribution >= 0.6 is 0 Å². The maximum Gasteiger partial charge on any atom is 0.306 e. The number of rotatable bonds is 5. The summed E-state index contributed by atoms with van der Waals surface area (Å²) in [6.07, 6.45) is 1.25. The molecule has 0 rings (SSSR count). The topological polar surface area (TPSA) is 43.4 Å². The first-order chi connectivity index (χ1) is 8.50. The lowest BCUT2D eigenvalue weighted by molar-refractivity contribution is -0.143. The Morgan fingerprint density at radius 2 is 1.37 bits per heavy atom. The summed E-state index contributed by atoms with van der Waals surface area (Å²) in [5.41, 5.74) is -0.149. The molecule has 0 radical (unpaired) electrons. The molecule has 0 saturated carbocycles. The summed E-state index contributed by atoms with van der Waals surface area (Å²) < 4.78 is 4.71. The Labute approximate surface area is 119 Å². The van der Waals surface area contributed by atoms with Gasteiger partial charge in [0.15, 0.2) is 0 Å². The lowest BCUT2D eigenvalue weighted by Crippen LogP contribution is -2.21. The molecule has 3 heteroatoms. The van der Waals surface area contributed by atoms with Gasteiger partial charge in [-0.05, 0) is 18.8 Å². The maximum atomic E-state index is 11.3. The van der Waals surface area contributed by atoms with Gasteiger partial charge in [-0.3, -0.25) is 9.59 Å². The van der Waals surface area contributed by atoms with Gasteiger partial charge in [0, 0.05) is 18.3 Å². The number of Topliss-reactive ketones (excluding diaryl/α,β-unsaturated/α-hetero) is 1. The predicted octanol–water partition coefficient (Wildman–Crippen LogP) is 4.24. The van der Waals surface area contributed by atoms with Crippen LogP contribution in [-0.4, -0.2) is 18.4 Å². The Morgan fingerprint density at radius 3 is 1.58 bits per heavy atom. The largest absolute Gasteiger partial charge is 0.466 e. The van der Waals surface area contributed by atoms with Crippen molar-refractivity contribution in [2.45, 2.75) is 68.2 Å². The maximum absolute atomic E-state index is 11.3. The first-order valence-corrected chi connectivity index (χ1v) is 7.19. The summed E-state index contributed by atoms with van der Waals surface area (Å²) in [4.78, 5) is 21.9. The zero-order chi connectivity index (χ0) is 15.6. The SMILES string of the molecule is CC(C)CC(=O)C(C)(C)C.CCOC(=O)CC(C)C. The van der Waals surface area contributed by atoms with Crippen LogP contribution in [0.3, 0.4) is 0 Å². The normalized spacial score (nSPS) is 11.1. The molecule has 0 N–H and O–H groups in total. The molecular formula is C16H32O3. The average molecular weight is 272 g/mol. The van der Waals surface area contributed by atoms with Crippen molar-refractivity contribution in [3.63, 3.8) is 0 Å². The van der Waals surface area contributed by atoms with Crippen LogP contribution in [0.2, 0.25) is 0 Å². The molecule has 0 amide bonds. The molecule has 0 aliphatic rings. The van der Waals surface area contributed by atoms with Crippen LogP contribution in [0.4, 0.5) is 0 Å². The standard InChI is InChI=1S/C9H18O.C7H14O2/c1-7(2)6-8(10)9(3,4)5;1-4-9-7(8)5-6(2)3/h7H,6H2,1-5H3;6H,4-5H2,1-3H3. The quantitative estimate of drug-likeness (QED) is 0.703. The smallest absolute Gasteiger partial charge is 0.306 e. The van der Waals surface area contributed by atoms with Crippen molar-refractivity contribution in [1.29, 1.82) is 0 Å². The fourth-order valence-electron chi connectivity index (χ4n) is 1.23. The molecule has 0 atom stereocenters. The minimum Gasteiger partial charge on any atom is -0.466 e.